The van der Waals surface area contributed by atoms with Crippen molar-refractivity contribution in [1.82, 2.24) is 4.72 Å². The number of hydrogen-bond acceptors (Lipinski definition) is 6. The van der Waals surface area contributed by atoms with Crippen molar-refractivity contribution < 1.29 is 31.4 Å². The number of anilines is 1. The third kappa shape index (κ3) is 6.29. The molecule has 3 N–H and O–H groups in total. The highest BCUT2D eigenvalue weighted by atomic mass is 32.2. The maximum atomic E-state index is 13.1. The topological polar surface area (TPSA) is 87.7 Å². The fourth-order valence-electron chi connectivity index (χ4n) is 3.21. The van der Waals surface area contributed by atoms with E-state index in [4.69, 9.17) is 4.74 Å². The van der Waals surface area contributed by atoms with Crippen molar-refractivity contribution >= 4 is 27.0 Å². The van der Waals surface area contributed by atoms with Crippen LogP contribution in [-0.4, -0.2) is 39.4 Å². The highest BCUT2D eigenvalue weighted by Gasteiger charge is 2.51. The van der Waals surface area contributed by atoms with Gasteiger partial charge in [-0.2, -0.15) is 13.2 Å². The quantitative estimate of drug-likeness (QED) is 0.370. The van der Waals surface area contributed by atoms with Crippen LogP contribution in [0.5, 0.6) is 5.75 Å². The van der Waals surface area contributed by atoms with E-state index in [1.54, 1.807) is 30.7 Å². The van der Waals surface area contributed by atoms with Crippen LogP contribution in [0, 0.1) is 0 Å². The lowest BCUT2D eigenvalue weighted by molar-refractivity contribution is -0.258. The molecule has 3 rings (SSSR count). The standard InChI is InChI=1S/C23H25F3N2O4S2/c1-22(29,23(24,25)26)17-7-9-18(10-8-17)28-19(14-16-5-11-20(32-2)12-6-16)15-27-34(30,31)21-4-3-13-33-21/h3-13,19,27-29H,14-15H2,1-2H3/t19-,22?/m0/s1. The average Bonchev–Trinajstić information content (AvgIpc) is 3.34. The van der Waals surface area contributed by atoms with Crippen molar-refractivity contribution in [2.45, 2.75) is 35.4 Å². The Hall–Kier alpha value is -2.60. The highest BCUT2D eigenvalue weighted by Crippen LogP contribution is 2.38. The van der Waals surface area contributed by atoms with E-state index in [2.05, 4.69) is 10.0 Å². The van der Waals surface area contributed by atoms with Crippen LogP contribution in [0.3, 0.4) is 0 Å². The summed E-state index contributed by atoms with van der Waals surface area (Å²) in [6.07, 6.45) is -4.39. The lowest BCUT2D eigenvalue weighted by Gasteiger charge is -2.27. The van der Waals surface area contributed by atoms with E-state index >= 15 is 0 Å². The van der Waals surface area contributed by atoms with E-state index in [0.717, 1.165) is 16.9 Å². The summed E-state index contributed by atoms with van der Waals surface area (Å²) in [5.41, 5.74) is -1.89. The molecule has 6 nitrogen and oxygen atoms in total. The van der Waals surface area contributed by atoms with Crippen molar-refractivity contribution in [3.8, 4) is 5.75 Å². The van der Waals surface area contributed by atoms with Gasteiger partial charge in [0.05, 0.1) is 7.11 Å². The molecule has 1 unspecified atom stereocenters. The predicted molar refractivity (Wildman–Crippen MR) is 126 cm³/mol. The molecule has 2 aromatic carbocycles. The predicted octanol–water partition coefficient (Wildman–Crippen LogP) is 4.53. The monoisotopic (exact) mass is 514 g/mol. The zero-order chi connectivity index (χ0) is 25.0. The molecule has 0 aliphatic heterocycles. The molecule has 0 aliphatic carbocycles. The molecule has 0 aliphatic rings. The molecule has 0 saturated carbocycles. The molecule has 0 fully saturated rings. The first kappa shape index (κ1) is 26.0. The summed E-state index contributed by atoms with van der Waals surface area (Å²) in [7, 11) is -2.15. The van der Waals surface area contributed by atoms with Crippen molar-refractivity contribution in [3.05, 3.63) is 77.2 Å². The molecule has 3 aromatic rings. The normalized spacial score (nSPS) is 14.9. The van der Waals surface area contributed by atoms with Gasteiger partial charge in [0.25, 0.3) is 0 Å². The number of methoxy groups -OCH3 is 1. The van der Waals surface area contributed by atoms with Crippen LogP contribution in [0.2, 0.25) is 0 Å². The van der Waals surface area contributed by atoms with Gasteiger partial charge < -0.3 is 15.2 Å². The lowest BCUT2D eigenvalue weighted by Crippen LogP contribution is -2.39. The molecule has 0 amide bonds. The molecule has 0 saturated heterocycles. The Morgan fingerprint density at radius 1 is 1.06 bits per heavy atom. The smallest absolute Gasteiger partial charge is 0.421 e. The summed E-state index contributed by atoms with van der Waals surface area (Å²) >= 11 is 1.10. The van der Waals surface area contributed by atoms with Crippen molar-refractivity contribution in [1.29, 1.82) is 0 Å². The number of alkyl halides is 3. The van der Waals surface area contributed by atoms with Gasteiger partial charge in [-0.3, -0.25) is 0 Å². The summed E-state index contributed by atoms with van der Waals surface area (Å²) in [4.78, 5) is 0. The Bertz CT molecular complexity index is 1160. The Balaban J connectivity index is 1.78. The number of aliphatic hydroxyl groups is 1. The SMILES string of the molecule is COc1ccc(C[C@@H](CNS(=O)(=O)c2cccs2)Nc2ccc(C(C)(O)C(F)(F)F)cc2)cc1. The van der Waals surface area contributed by atoms with Crippen molar-refractivity contribution in [2.75, 3.05) is 19.0 Å². The van der Waals surface area contributed by atoms with Crippen LogP contribution < -0.4 is 14.8 Å². The number of thiophene rings is 1. The van der Waals surface area contributed by atoms with Gasteiger partial charge in [-0.1, -0.05) is 30.3 Å². The fourth-order valence-corrected chi connectivity index (χ4v) is 5.33. The molecule has 184 valence electrons. The molecule has 1 heterocycles. The molecule has 2 atom stereocenters. The number of hydrogen-bond donors (Lipinski definition) is 3. The zero-order valence-corrected chi connectivity index (χ0v) is 20.1. The number of halogens is 3. The lowest BCUT2D eigenvalue weighted by atomic mass is 9.95. The van der Waals surface area contributed by atoms with Crippen LogP contribution in [0.4, 0.5) is 18.9 Å². The molecule has 11 heteroatoms. The second kappa shape index (κ2) is 10.3. The maximum Gasteiger partial charge on any atom is 0.421 e. The number of ether oxygens (including phenoxy) is 1. The van der Waals surface area contributed by atoms with E-state index in [1.807, 2.05) is 12.1 Å². The first-order valence-corrected chi connectivity index (χ1v) is 12.6. The van der Waals surface area contributed by atoms with Gasteiger partial charge in [0, 0.05) is 18.3 Å². The highest BCUT2D eigenvalue weighted by molar-refractivity contribution is 7.91. The van der Waals surface area contributed by atoms with Gasteiger partial charge in [-0.05, 0) is 60.2 Å². The number of rotatable bonds is 10. The molecule has 0 spiro atoms. The second-order valence-electron chi connectivity index (χ2n) is 7.82. The van der Waals surface area contributed by atoms with Gasteiger partial charge in [0.2, 0.25) is 10.0 Å². The van der Waals surface area contributed by atoms with Crippen LogP contribution in [-0.2, 0) is 22.0 Å². The third-order valence-corrected chi connectivity index (χ3v) is 8.11. The van der Waals surface area contributed by atoms with Gasteiger partial charge in [-0.25, -0.2) is 13.1 Å². The van der Waals surface area contributed by atoms with Gasteiger partial charge in [0.15, 0.2) is 5.60 Å². The summed E-state index contributed by atoms with van der Waals surface area (Å²) in [5, 5.41) is 14.7. The summed E-state index contributed by atoms with van der Waals surface area (Å²) in [6.45, 7) is 0.732. The Morgan fingerprint density at radius 3 is 2.24 bits per heavy atom. The van der Waals surface area contributed by atoms with Gasteiger partial charge in [0.1, 0.15) is 9.96 Å². The van der Waals surface area contributed by atoms with Crippen LogP contribution in [0.15, 0.2) is 70.3 Å². The zero-order valence-electron chi connectivity index (χ0n) is 18.5. The maximum absolute atomic E-state index is 13.1. The Morgan fingerprint density at radius 2 is 1.71 bits per heavy atom. The largest absolute Gasteiger partial charge is 0.497 e. The van der Waals surface area contributed by atoms with E-state index in [9.17, 15) is 26.7 Å². The summed E-state index contributed by atoms with van der Waals surface area (Å²) in [5.74, 6) is 0.680. The minimum absolute atomic E-state index is 0.0360. The average molecular weight is 515 g/mol. The van der Waals surface area contributed by atoms with Crippen molar-refractivity contribution in [3.63, 3.8) is 0 Å². The van der Waals surface area contributed by atoms with E-state index < -0.39 is 27.8 Å². The minimum Gasteiger partial charge on any atom is -0.497 e. The second-order valence-corrected chi connectivity index (χ2v) is 10.8. The van der Waals surface area contributed by atoms with Gasteiger partial charge >= 0.3 is 6.18 Å². The van der Waals surface area contributed by atoms with E-state index in [-0.39, 0.29) is 16.3 Å². The Kier molecular flexibility index (Phi) is 7.91. The molecule has 0 radical (unpaired) electrons. The minimum atomic E-state index is -4.82. The molecule has 1 aromatic heterocycles. The van der Waals surface area contributed by atoms with Crippen LogP contribution >= 0.6 is 11.3 Å². The van der Waals surface area contributed by atoms with Crippen LogP contribution in [0.1, 0.15) is 18.1 Å². The number of nitrogens with one attached hydrogen (secondary N) is 2. The molecular weight excluding hydrogens is 489 g/mol. The first-order chi connectivity index (χ1) is 15.9. The van der Waals surface area contributed by atoms with Gasteiger partial charge in [-0.15, -0.1) is 11.3 Å². The summed E-state index contributed by atoms with van der Waals surface area (Å²) in [6, 6.07) is 15.2. The fraction of sp³-hybridized carbons (Fsp3) is 0.304. The molecular formula is C23H25F3N2O4S2. The number of benzene rings is 2. The first-order valence-electron chi connectivity index (χ1n) is 10.2. The molecule has 34 heavy (non-hydrogen) atoms. The number of sulfonamides is 1. The Labute approximate surface area is 200 Å². The van der Waals surface area contributed by atoms with E-state index in [1.165, 1.54) is 30.3 Å². The third-order valence-electron chi connectivity index (χ3n) is 5.29. The summed E-state index contributed by atoms with van der Waals surface area (Å²) < 4.78 is 72.4. The van der Waals surface area contributed by atoms with Crippen LogP contribution in [0.25, 0.3) is 0 Å². The van der Waals surface area contributed by atoms with E-state index in [0.29, 0.717) is 24.8 Å². The van der Waals surface area contributed by atoms with Crippen molar-refractivity contribution in [2.24, 2.45) is 0 Å². The molecule has 0 bridgehead atoms.